The van der Waals surface area contributed by atoms with E-state index in [1.807, 2.05) is 49.4 Å². The SMILES string of the molecule is Cc1ccc(NC(=O)c2cnnc(C3CC3)c2)cc1-c1nccc(-c2ccnc(NC(=O)C3CC3)c2)n1. The van der Waals surface area contributed by atoms with Gasteiger partial charge in [0.25, 0.3) is 5.91 Å². The number of aromatic nitrogens is 5. The van der Waals surface area contributed by atoms with Gasteiger partial charge in [-0.25, -0.2) is 15.0 Å². The number of hydrogen-bond acceptors (Lipinski definition) is 7. The van der Waals surface area contributed by atoms with Gasteiger partial charge in [-0.3, -0.25) is 9.59 Å². The summed E-state index contributed by atoms with van der Waals surface area (Å²) in [5.74, 6) is 1.33. The largest absolute Gasteiger partial charge is 0.322 e. The van der Waals surface area contributed by atoms with Gasteiger partial charge in [0.15, 0.2) is 5.82 Å². The average Bonchev–Trinajstić information content (AvgIpc) is 3.83. The lowest BCUT2D eigenvalue weighted by Gasteiger charge is -2.11. The van der Waals surface area contributed by atoms with Gasteiger partial charge in [0, 0.05) is 41.0 Å². The first kappa shape index (κ1) is 22.9. The summed E-state index contributed by atoms with van der Waals surface area (Å²) in [4.78, 5) is 38.6. The molecule has 0 saturated heterocycles. The van der Waals surface area contributed by atoms with Crippen molar-refractivity contribution in [1.82, 2.24) is 25.1 Å². The van der Waals surface area contributed by atoms with E-state index in [0.29, 0.717) is 34.5 Å². The van der Waals surface area contributed by atoms with Gasteiger partial charge in [0.05, 0.1) is 23.1 Å². The van der Waals surface area contributed by atoms with Crippen LogP contribution < -0.4 is 10.6 Å². The summed E-state index contributed by atoms with van der Waals surface area (Å²) >= 11 is 0. The molecule has 4 aromatic rings. The van der Waals surface area contributed by atoms with Crippen LogP contribution in [-0.2, 0) is 4.79 Å². The molecule has 0 unspecified atom stereocenters. The molecule has 37 heavy (non-hydrogen) atoms. The van der Waals surface area contributed by atoms with E-state index in [9.17, 15) is 9.59 Å². The Balaban J connectivity index is 1.24. The van der Waals surface area contributed by atoms with Crippen molar-refractivity contribution in [3.63, 3.8) is 0 Å². The molecule has 9 heteroatoms. The minimum atomic E-state index is -0.237. The van der Waals surface area contributed by atoms with Crippen LogP contribution in [-0.4, -0.2) is 37.0 Å². The zero-order chi connectivity index (χ0) is 25.4. The van der Waals surface area contributed by atoms with Gasteiger partial charge in [-0.2, -0.15) is 10.2 Å². The Kier molecular flexibility index (Phi) is 5.88. The van der Waals surface area contributed by atoms with E-state index in [1.165, 1.54) is 6.20 Å². The molecule has 184 valence electrons. The molecule has 0 radical (unpaired) electrons. The van der Waals surface area contributed by atoms with E-state index < -0.39 is 0 Å². The molecule has 1 aromatic carbocycles. The Hall–Kier alpha value is -4.53. The van der Waals surface area contributed by atoms with Gasteiger partial charge in [-0.05, 0) is 74.6 Å². The van der Waals surface area contributed by atoms with Crippen molar-refractivity contribution in [2.24, 2.45) is 5.92 Å². The van der Waals surface area contributed by atoms with Crippen LogP contribution in [0.3, 0.4) is 0 Å². The molecule has 2 aliphatic rings. The third kappa shape index (κ3) is 5.20. The molecule has 3 aromatic heterocycles. The first-order chi connectivity index (χ1) is 18.0. The second kappa shape index (κ2) is 9.50. The van der Waals surface area contributed by atoms with E-state index in [4.69, 9.17) is 4.98 Å². The van der Waals surface area contributed by atoms with Crippen LogP contribution in [0, 0.1) is 12.8 Å². The highest BCUT2D eigenvalue weighted by molar-refractivity contribution is 6.04. The fourth-order valence-corrected chi connectivity index (χ4v) is 4.11. The van der Waals surface area contributed by atoms with E-state index in [2.05, 4.69) is 30.8 Å². The minimum Gasteiger partial charge on any atom is -0.322 e. The highest BCUT2D eigenvalue weighted by atomic mass is 16.2. The fraction of sp³-hybridized carbons (Fsp3) is 0.250. The van der Waals surface area contributed by atoms with Gasteiger partial charge in [0.2, 0.25) is 5.91 Å². The predicted molar refractivity (Wildman–Crippen MR) is 139 cm³/mol. The molecule has 0 bridgehead atoms. The van der Waals surface area contributed by atoms with Gasteiger partial charge in [-0.15, -0.1) is 0 Å². The van der Waals surface area contributed by atoms with Gasteiger partial charge in [0.1, 0.15) is 5.82 Å². The number of anilines is 2. The van der Waals surface area contributed by atoms with Crippen LogP contribution in [0.5, 0.6) is 0 Å². The molecule has 0 aliphatic heterocycles. The zero-order valence-corrected chi connectivity index (χ0v) is 20.3. The van der Waals surface area contributed by atoms with Crippen molar-refractivity contribution in [2.45, 2.75) is 38.5 Å². The number of amides is 2. The normalized spacial score (nSPS) is 14.7. The predicted octanol–water partition coefficient (Wildman–Crippen LogP) is 4.78. The number of nitrogens with zero attached hydrogens (tertiary/aromatic N) is 5. The summed E-state index contributed by atoms with van der Waals surface area (Å²) in [5, 5.41) is 14.0. The number of benzene rings is 1. The number of carbonyl (C=O) groups excluding carboxylic acids is 2. The first-order valence-corrected chi connectivity index (χ1v) is 12.4. The maximum absolute atomic E-state index is 12.9. The van der Waals surface area contributed by atoms with Crippen molar-refractivity contribution < 1.29 is 9.59 Å². The zero-order valence-electron chi connectivity index (χ0n) is 20.3. The lowest BCUT2D eigenvalue weighted by atomic mass is 10.1. The molecule has 2 N–H and O–H groups in total. The van der Waals surface area contributed by atoms with Crippen LogP contribution in [0.25, 0.3) is 22.6 Å². The van der Waals surface area contributed by atoms with Crippen molar-refractivity contribution >= 4 is 23.3 Å². The van der Waals surface area contributed by atoms with Gasteiger partial charge in [-0.1, -0.05) is 6.07 Å². The molecule has 3 heterocycles. The Bertz CT molecular complexity index is 1510. The van der Waals surface area contributed by atoms with Crippen LogP contribution in [0.1, 0.15) is 53.2 Å². The summed E-state index contributed by atoms with van der Waals surface area (Å²) in [6, 6.07) is 13.0. The summed E-state index contributed by atoms with van der Waals surface area (Å²) in [6.07, 6.45) is 8.89. The Morgan fingerprint density at radius 2 is 1.76 bits per heavy atom. The number of hydrogen-bond donors (Lipinski definition) is 2. The highest BCUT2D eigenvalue weighted by Gasteiger charge is 2.30. The summed E-state index contributed by atoms with van der Waals surface area (Å²) in [5.41, 5.74) is 5.31. The number of aryl methyl sites for hydroxylation is 1. The molecule has 2 fully saturated rings. The van der Waals surface area contributed by atoms with Gasteiger partial charge < -0.3 is 10.6 Å². The van der Waals surface area contributed by atoms with E-state index >= 15 is 0 Å². The smallest absolute Gasteiger partial charge is 0.257 e. The van der Waals surface area contributed by atoms with Crippen LogP contribution in [0.15, 0.2) is 61.1 Å². The number of carbonyl (C=O) groups is 2. The Morgan fingerprint density at radius 3 is 2.57 bits per heavy atom. The van der Waals surface area contributed by atoms with E-state index in [-0.39, 0.29) is 17.7 Å². The van der Waals surface area contributed by atoms with Crippen molar-refractivity contribution in [3.8, 4) is 22.6 Å². The monoisotopic (exact) mass is 491 g/mol. The van der Waals surface area contributed by atoms with Crippen molar-refractivity contribution in [3.05, 3.63) is 77.9 Å². The van der Waals surface area contributed by atoms with Crippen LogP contribution in [0.2, 0.25) is 0 Å². The van der Waals surface area contributed by atoms with E-state index in [0.717, 1.165) is 48.1 Å². The third-order valence-electron chi connectivity index (χ3n) is 6.58. The second-order valence-electron chi connectivity index (χ2n) is 9.59. The Morgan fingerprint density at radius 1 is 0.919 bits per heavy atom. The average molecular weight is 492 g/mol. The maximum Gasteiger partial charge on any atom is 0.257 e. The Labute approximate surface area is 213 Å². The quantitative estimate of drug-likeness (QED) is 0.381. The maximum atomic E-state index is 12.9. The first-order valence-electron chi connectivity index (χ1n) is 12.4. The molecule has 6 rings (SSSR count). The second-order valence-corrected chi connectivity index (χ2v) is 9.59. The molecule has 9 nitrogen and oxygen atoms in total. The lowest BCUT2D eigenvalue weighted by molar-refractivity contribution is -0.117. The topological polar surface area (TPSA) is 123 Å². The number of nitrogens with one attached hydrogen (secondary N) is 2. The third-order valence-corrected chi connectivity index (χ3v) is 6.58. The summed E-state index contributed by atoms with van der Waals surface area (Å²) in [6.45, 7) is 1.98. The summed E-state index contributed by atoms with van der Waals surface area (Å²) in [7, 11) is 0. The minimum absolute atomic E-state index is 0.00817. The van der Waals surface area contributed by atoms with Crippen LogP contribution in [0.4, 0.5) is 11.5 Å². The van der Waals surface area contributed by atoms with Gasteiger partial charge >= 0.3 is 0 Å². The molecule has 2 amide bonds. The lowest BCUT2D eigenvalue weighted by Crippen LogP contribution is -2.14. The van der Waals surface area contributed by atoms with Crippen molar-refractivity contribution in [1.29, 1.82) is 0 Å². The standard InChI is InChI=1S/C28H25N7O2/c1-16-2-7-21(32-28(37)20-12-24(17-3-4-17)35-31-15-20)14-22(16)26-30-11-9-23(33-26)19-8-10-29-25(13-19)34-27(36)18-5-6-18/h2,7-15,17-18H,3-6H2,1H3,(H,32,37)(H,29,34,36). The molecule has 2 aliphatic carbocycles. The van der Waals surface area contributed by atoms with E-state index in [1.54, 1.807) is 12.4 Å². The van der Waals surface area contributed by atoms with Crippen LogP contribution >= 0.6 is 0 Å². The van der Waals surface area contributed by atoms with Crippen molar-refractivity contribution in [2.75, 3.05) is 10.6 Å². The molecular weight excluding hydrogens is 466 g/mol. The molecule has 0 atom stereocenters. The fourth-order valence-electron chi connectivity index (χ4n) is 4.11. The molecular formula is C28H25N7O2. The number of rotatable bonds is 7. The molecule has 2 saturated carbocycles. The number of pyridine rings is 1. The summed E-state index contributed by atoms with van der Waals surface area (Å²) < 4.78 is 0. The molecule has 0 spiro atoms. The highest BCUT2D eigenvalue weighted by Crippen LogP contribution is 2.38.